The largest absolute Gasteiger partial charge is 0.348 e. The summed E-state index contributed by atoms with van der Waals surface area (Å²) < 4.78 is 0. The highest BCUT2D eigenvalue weighted by Gasteiger charge is 2.16. The molecule has 2 heterocycles. The van der Waals surface area contributed by atoms with Crippen molar-refractivity contribution >= 4 is 11.8 Å². The summed E-state index contributed by atoms with van der Waals surface area (Å²) in [6, 6.07) is 6.80. The van der Waals surface area contributed by atoms with Crippen LogP contribution in [0.4, 0.5) is 0 Å². The molecule has 2 aromatic heterocycles. The van der Waals surface area contributed by atoms with Gasteiger partial charge in [-0.2, -0.15) is 0 Å². The fourth-order valence-corrected chi connectivity index (χ4v) is 2.15. The van der Waals surface area contributed by atoms with Crippen molar-refractivity contribution in [2.75, 3.05) is 13.1 Å². The predicted molar refractivity (Wildman–Crippen MR) is 86.9 cm³/mol. The van der Waals surface area contributed by atoms with Gasteiger partial charge in [0.05, 0.1) is 0 Å². The van der Waals surface area contributed by atoms with Gasteiger partial charge in [-0.25, -0.2) is 0 Å². The van der Waals surface area contributed by atoms with Crippen LogP contribution in [-0.2, 0) is 6.54 Å². The van der Waals surface area contributed by atoms with Crippen LogP contribution in [0.2, 0.25) is 0 Å². The monoisotopic (exact) mass is 312 g/mol. The standard InChI is InChI=1S/C17H20N4O2/c1-3-21(4-2)17(23)15-11-14(7-10-19-15)16(22)20-12-13-5-8-18-9-6-13/h5-11H,3-4,12H2,1-2H3,(H,20,22). The van der Waals surface area contributed by atoms with E-state index in [1.807, 2.05) is 26.0 Å². The summed E-state index contributed by atoms with van der Waals surface area (Å²) in [5.41, 5.74) is 1.66. The second-order valence-corrected chi connectivity index (χ2v) is 4.95. The van der Waals surface area contributed by atoms with Gasteiger partial charge in [0.25, 0.3) is 11.8 Å². The van der Waals surface area contributed by atoms with Crippen LogP contribution in [0.1, 0.15) is 40.3 Å². The molecule has 0 spiro atoms. The lowest BCUT2D eigenvalue weighted by Crippen LogP contribution is -2.31. The van der Waals surface area contributed by atoms with Crippen molar-refractivity contribution in [2.24, 2.45) is 0 Å². The minimum atomic E-state index is -0.238. The number of carbonyl (C=O) groups excluding carboxylic acids is 2. The van der Waals surface area contributed by atoms with Crippen LogP contribution in [0, 0.1) is 0 Å². The van der Waals surface area contributed by atoms with E-state index in [4.69, 9.17) is 0 Å². The number of hydrogen-bond acceptors (Lipinski definition) is 4. The molecule has 0 aliphatic carbocycles. The van der Waals surface area contributed by atoms with Gasteiger partial charge in [-0.1, -0.05) is 0 Å². The number of rotatable bonds is 6. The van der Waals surface area contributed by atoms with Crippen LogP contribution in [0.25, 0.3) is 0 Å². The molecule has 6 heteroatoms. The van der Waals surface area contributed by atoms with Crippen molar-refractivity contribution < 1.29 is 9.59 Å². The Hall–Kier alpha value is -2.76. The molecule has 1 N–H and O–H groups in total. The fourth-order valence-electron chi connectivity index (χ4n) is 2.15. The predicted octanol–water partition coefficient (Wildman–Crippen LogP) is 1.89. The van der Waals surface area contributed by atoms with E-state index in [0.717, 1.165) is 5.56 Å². The molecule has 0 fully saturated rings. The number of nitrogens with one attached hydrogen (secondary N) is 1. The van der Waals surface area contributed by atoms with E-state index in [1.165, 1.54) is 12.3 Å². The van der Waals surface area contributed by atoms with Crippen molar-refractivity contribution in [3.63, 3.8) is 0 Å². The van der Waals surface area contributed by atoms with E-state index in [2.05, 4.69) is 15.3 Å². The lowest BCUT2D eigenvalue weighted by atomic mass is 10.2. The third-order valence-corrected chi connectivity index (χ3v) is 3.49. The van der Waals surface area contributed by atoms with Crippen molar-refractivity contribution in [3.05, 3.63) is 59.7 Å². The summed E-state index contributed by atoms with van der Waals surface area (Å²) in [6.45, 7) is 5.44. The maximum atomic E-state index is 12.3. The van der Waals surface area contributed by atoms with E-state index < -0.39 is 0 Å². The summed E-state index contributed by atoms with van der Waals surface area (Å²) in [4.78, 5) is 34.2. The number of nitrogens with zero attached hydrogens (tertiary/aromatic N) is 3. The van der Waals surface area contributed by atoms with E-state index in [1.54, 1.807) is 23.4 Å². The SMILES string of the molecule is CCN(CC)C(=O)c1cc(C(=O)NCc2ccncc2)ccn1. The Kier molecular flexibility index (Phi) is 5.80. The van der Waals surface area contributed by atoms with Gasteiger partial charge in [0.15, 0.2) is 0 Å². The summed E-state index contributed by atoms with van der Waals surface area (Å²) >= 11 is 0. The summed E-state index contributed by atoms with van der Waals surface area (Å²) in [7, 11) is 0. The molecule has 0 atom stereocenters. The zero-order valence-electron chi connectivity index (χ0n) is 13.3. The molecule has 0 saturated heterocycles. The van der Waals surface area contributed by atoms with Crippen LogP contribution in [-0.4, -0.2) is 39.8 Å². The molecular weight excluding hydrogens is 292 g/mol. The minimum Gasteiger partial charge on any atom is -0.348 e. The summed E-state index contributed by atoms with van der Waals surface area (Å²) in [5.74, 6) is -0.406. The molecule has 0 aromatic carbocycles. The summed E-state index contributed by atoms with van der Waals surface area (Å²) in [6.07, 6.45) is 4.83. The second-order valence-electron chi connectivity index (χ2n) is 4.95. The third-order valence-electron chi connectivity index (χ3n) is 3.49. The van der Waals surface area contributed by atoms with Gasteiger partial charge in [0, 0.05) is 43.8 Å². The smallest absolute Gasteiger partial charge is 0.272 e. The molecule has 120 valence electrons. The molecule has 2 aromatic rings. The third kappa shape index (κ3) is 4.35. The first-order valence-corrected chi connectivity index (χ1v) is 7.58. The Morgan fingerprint density at radius 3 is 2.43 bits per heavy atom. The van der Waals surface area contributed by atoms with Crippen molar-refractivity contribution in [2.45, 2.75) is 20.4 Å². The summed E-state index contributed by atoms with van der Waals surface area (Å²) in [5, 5.41) is 2.82. The average molecular weight is 312 g/mol. The van der Waals surface area contributed by atoms with Crippen molar-refractivity contribution in [1.82, 2.24) is 20.2 Å². The molecule has 2 amide bonds. The van der Waals surface area contributed by atoms with Gasteiger partial charge in [0.2, 0.25) is 0 Å². The quantitative estimate of drug-likeness (QED) is 0.884. The van der Waals surface area contributed by atoms with Gasteiger partial charge >= 0.3 is 0 Å². The normalized spacial score (nSPS) is 10.2. The Labute approximate surface area is 135 Å². The van der Waals surface area contributed by atoms with E-state index in [0.29, 0.717) is 25.2 Å². The zero-order chi connectivity index (χ0) is 16.7. The lowest BCUT2D eigenvalue weighted by Gasteiger charge is -2.18. The lowest BCUT2D eigenvalue weighted by molar-refractivity contribution is 0.0767. The number of carbonyl (C=O) groups is 2. The van der Waals surface area contributed by atoms with Crippen molar-refractivity contribution in [1.29, 1.82) is 0 Å². The van der Waals surface area contributed by atoms with Crippen LogP contribution >= 0.6 is 0 Å². The number of amides is 2. The van der Waals surface area contributed by atoms with Gasteiger partial charge in [0.1, 0.15) is 5.69 Å². The highest BCUT2D eigenvalue weighted by atomic mass is 16.2. The zero-order valence-corrected chi connectivity index (χ0v) is 13.3. The molecule has 0 unspecified atom stereocenters. The first-order chi connectivity index (χ1) is 11.2. The molecule has 0 bridgehead atoms. The Balaban J connectivity index is 2.06. The number of hydrogen-bond donors (Lipinski definition) is 1. The van der Waals surface area contributed by atoms with Gasteiger partial charge in [-0.05, 0) is 43.7 Å². The highest BCUT2D eigenvalue weighted by molar-refractivity contribution is 5.98. The topological polar surface area (TPSA) is 75.2 Å². The van der Waals surface area contributed by atoms with Gasteiger partial charge in [-0.15, -0.1) is 0 Å². The molecule has 0 aliphatic heterocycles. The van der Waals surface area contributed by atoms with Crippen LogP contribution in [0.15, 0.2) is 42.9 Å². The molecule has 0 saturated carbocycles. The minimum absolute atomic E-state index is 0.168. The molecule has 2 rings (SSSR count). The first kappa shape index (κ1) is 16.6. The van der Waals surface area contributed by atoms with Crippen LogP contribution in [0.5, 0.6) is 0 Å². The first-order valence-electron chi connectivity index (χ1n) is 7.58. The van der Waals surface area contributed by atoms with Gasteiger partial charge < -0.3 is 10.2 Å². The molecular formula is C17H20N4O2. The van der Waals surface area contributed by atoms with Crippen LogP contribution < -0.4 is 5.32 Å². The molecule has 0 aliphatic rings. The fraction of sp³-hybridized carbons (Fsp3) is 0.294. The van der Waals surface area contributed by atoms with E-state index >= 15 is 0 Å². The number of aromatic nitrogens is 2. The molecule has 23 heavy (non-hydrogen) atoms. The van der Waals surface area contributed by atoms with Crippen molar-refractivity contribution in [3.8, 4) is 0 Å². The molecule has 0 radical (unpaired) electrons. The Bertz CT molecular complexity index is 669. The highest BCUT2D eigenvalue weighted by Crippen LogP contribution is 2.06. The number of pyridine rings is 2. The van der Waals surface area contributed by atoms with Crippen LogP contribution in [0.3, 0.4) is 0 Å². The molecule has 6 nitrogen and oxygen atoms in total. The maximum Gasteiger partial charge on any atom is 0.272 e. The average Bonchev–Trinajstić information content (AvgIpc) is 2.61. The Morgan fingerprint density at radius 2 is 1.78 bits per heavy atom. The van der Waals surface area contributed by atoms with Gasteiger partial charge in [-0.3, -0.25) is 19.6 Å². The maximum absolute atomic E-state index is 12.3. The van der Waals surface area contributed by atoms with E-state index in [-0.39, 0.29) is 17.5 Å². The second kappa shape index (κ2) is 8.03. The van der Waals surface area contributed by atoms with E-state index in [9.17, 15) is 9.59 Å². The Morgan fingerprint density at radius 1 is 1.09 bits per heavy atom.